The second kappa shape index (κ2) is 12.7. The van der Waals surface area contributed by atoms with Gasteiger partial charge in [-0.15, -0.1) is 0 Å². The molecular weight excluding hydrogens is 602 g/mol. The Morgan fingerprint density at radius 2 is 1.70 bits per heavy atom. The van der Waals surface area contributed by atoms with E-state index >= 15 is 0 Å². The van der Waals surface area contributed by atoms with E-state index in [4.69, 9.17) is 33.2 Å². The average Bonchev–Trinajstić information content (AvgIpc) is 3.76. The zero-order chi connectivity index (χ0) is 33.8. The zero-order valence-electron chi connectivity index (χ0n) is 29.8. The van der Waals surface area contributed by atoms with E-state index in [-0.39, 0.29) is 36.1 Å². The summed E-state index contributed by atoms with van der Waals surface area (Å²) >= 11 is 0. The van der Waals surface area contributed by atoms with Crippen LogP contribution in [0.1, 0.15) is 78.4 Å². The maximum Gasteiger partial charge on any atom is 0.514 e. The van der Waals surface area contributed by atoms with Crippen molar-refractivity contribution in [2.75, 3.05) is 67.0 Å². The van der Waals surface area contributed by atoms with Crippen molar-refractivity contribution in [2.24, 2.45) is 22.7 Å². The van der Waals surface area contributed by atoms with Crippen molar-refractivity contribution in [1.82, 2.24) is 4.90 Å². The van der Waals surface area contributed by atoms with Gasteiger partial charge in [-0.1, -0.05) is 33.8 Å². The van der Waals surface area contributed by atoms with E-state index in [2.05, 4.69) is 45.6 Å². The fourth-order valence-corrected chi connectivity index (χ4v) is 9.56. The number of nitrogens with zero attached hydrogens (tertiary/aromatic N) is 1. The average molecular weight is 660 g/mol. The molecule has 10 heteroatoms. The topological polar surface area (TPSA) is 105 Å². The van der Waals surface area contributed by atoms with E-state index in [1.807, 2.05) is 13.0 Å². The molecule has 0 aromatic heterocycles. The first-order valence-electron chi connectivity index (χ1n) is 17.6. The van der Waals surface area contributed by atoms with Crippen LogP contribution in [-0.4, -0.2) is 106 Å². The SMILES string of the molecule is COCCOCCOCCOC(=O)Oc1ccc2c3c1O[C@H]1C(C)(OC)[C@@H]([C@](C)(O)C(C)(C)C)C[C@]4(C)[C@@H](C2)N(CC2CC2)CC[C@]314. The van der Waals surface area contributed by atoms with E-state index in [1.54, 1.807) is 14.2 Å². The van der Waals surface area contributed by atoms with Gasteiger partial charge in [0, 0.05) is 43.7 Å². The van der Waals surface area contributed by atoms with Crippen LogP contribution in [0.15, 0.2) is 12.1 Å². The molecule has 3 aliphatic carbocycles. The van der Waals surface area contributed by atoms with Gasteiger partial charge in [-0.3, -0.25) is 4.90 Å². The second-order valence-electron chi connectivity index (χ2n) is 16.2. The van der Waals surface area contributed by atoms with Gasteiger partial charge < -0.3 is 38.3 Å². The number of carbonyl (C=O) groups excluding carboxylic acids is 1. The number of ether oxygens (including phenoxy) is 7. The van der Waals surface area contributed by atoms with E-state index in [0.717, 1.165) is 43.8 Å². The Hall–Kier alpha value is -1.95. The van der Waals surface area contributed by atoms with Gasteiger partial charge in [0.1, 0.15) is 18.3 Å². The summed E-state index contributed by atoms with van der Waals surface area (Å²) in [7, 11) is 3.38. The van der Waals surface area contributed by atoms with Crippen LogP contribution in [0.3, 0.4) is 0 Å². The van der Waals surface area contributed by atoms with Gasteiger partial charge in [0.25, 0.3) is 0 Å². The molecule has 47 heavy (non-hydrogen) atoms. The highest BCUT2D eigenvalue weighted by molar-refractivity contribution is 5.69. The molecule has 1 spiro atoms. The number of hydrogen-bond acceptors (Lipinski definition) is 10. The highest BCUT2D eigenvalue weighted by atomic mass is 16.7. The van der Waals surface area contributed by atoms with E-state index in [1.165, 1.54) is 18.4 Å². The standard InChI is InChI=1S/C37H57NO9/c1-33(2,3)36(6,40)27-22-34(4)28-21-25-11-12-26(46-32(39)45-20-19-44-18-17-43-16-15-41-7)30-29(25)37(34,31(47-30)35(27,5)42-8)13-14-38(28)23-24-9-10-24/h11-12,24,27-28,31,40H,9-10,13-23H2,1-8H3/t27-,28+,31-,34+,35?,36-,37-/m0/s1. The summed E-state index contributed by atoms with van der Waals surface area (Å²) < 4.78 is 40.8. The van der Waals surface area contributed by atoms with Crippen LogP contribution in [0, 0.1) is 22.7 Å². The molecule has 1 aromatic rings. The molecule has 1 unspecified atom stereocenters. The monoisotopic (exact) mass is 659 g/mol. The fourth-order valence-electron chi connectivity index (χ4n) is 9.56. The number of methoxy groups -OCH3 is 2. The molecule has 2 heterocycles. The number of carbonyl (C=O) groups is 1. The highest BCUT2D eigenvalue weighted by Crippen LogP contribution is 2.73. The molecule has 0 amide bonds. The molecule has 1 saturated heterocycles. The largest absolute Gasteiger partial charge is 0.514 e. The molecule has 5 aliphatic rings. The van der Waals surface area contributed by atoms with Gasteiger partial charge in [-0.25, -0.2) is 4.79 Å². The molecule has 3 fully saturated rings. The third-order valence-electron chi connectivity index (χ3n) is 12.9. The highest BCUT2D eigenvalue weighted by Gasteiger charge is 2.77. The molecule has 0 radical (unpaired) electrons. The lowest BCUT2D eigenvalue weighted by Crippen LogP contribution is -2.79. The lowest BCUT2D eigenvalue weighted by Gasteiger charge is -2.70. The van der Waals surface area contributed by atoms with Crippen molar-refractivity contribution >= 4 is 6.16 Å². The zero-order valence-corrected chi connectivity index (χ0v) is 29.8. The first-order valence-corrected chi connectivity index (χ1v) is 17.6. The fraction of sp³-hybridized carbons (Fsp3) is 0.811. The number of piperidine rings is 1. The van der Waals surface area contributed by atoms with Crippen LogP contribution in [0.4, 0.5) is 4.79 Å². The lowest BCUT2D eigenvalue weighted by molar-refractivity contribution is -0.270. The summed E-state index contributed by atoms with van der Waals surface area (Å²) in [6.07, 6.45) is 4.07. The Labute approximate surface area is 280 Å². The molecule has 10 nitrogen and oxygen atoms in total. The molecule has 2 saturated carbocycles. The third-order valence-corrected chi connectivity index (χ3v) is 12.9. The maximum absolute atomic E-state index is 12.9. The number of rotatable bonds is 14. The van der Waals surface area contributed by atoms with Gasteiger partial charge in [-0.05, 0) is 80.9 Å². The Balaban J connectivity index is 1.29. The molecule has 2 bridgehead atoms. The summed E-state index contributed by atoms with van der Waals surface area (Å²) in [6.45, 7) is 17.2. The van der Waals surface area contributed by atoms with Gasteiger partial charge >= 0.3 is 6.16 Å². The van der Waals surface area contributed by atoms with Crippen molar-refractivity contribution in [1.29, 1.82) is 0 Å². The molecule has 6 rings (SSSR count). The minimum atomic E-state index is -1.04. The normalized spacial score (nSPS) is 33.9. The Kier molecular flexibility index (Phi) is 9.46. The molecular formula is C37H57NO9. The van der Waals surface area contributed by atoms with E-state index < -0.39 is 22.8 Å². The van der Waals surface area contributed by atoms with Crippen LogP contribution < -0.4 is 9.47 Å². The van der Waals surface area contributed by atoms with Gasteiger partial charge in [0.15, 0.2) is 11.5 Å². The Morgan fingerprint density at radius 3 is 2.34 bits per heavy atom. The number of hydrogen-bond donors (Lipinski definition) is 1. The Morgan fingerprint density at radius 1 is 1.02 bits per heavy atom. The van der Waals surface area contributed by atoms with Crippen molar-refractivity contribution in [2.45, 2.75) is 102 Å². The predicted molar refractivity (Wildman–Crippen MR) is 176 cm³/mol. The summed E-state index contributed by atoms with van der Waals surface area (Å²) in [5.74, 6) is 1.56. The van der Waals surface area contributed by atoms with Crippen molar-refractivity contribution in [3.05, 3.63) is 23.3 Å². The third kappa shape index (κ3) is 5.69. The number of aliphatic hydroxyl groups is 1. The van der Waals surface area contributed by atoms with Crippen LogP contribution in [0.2, 0.25) is 0 Å². The number of benzene rings is 1. The first-order chi connectivity index (χ1) is 22.2. The maximum atomic E-state index is 12.9. The van der Waals surface area contributed by atoms with Crippen LogP contribution in [-0.2, 0) is 35.5 Å². The van der Waals surface area contributed by atoms with Crippen LogP contribution in [0.5, 0.6) is 11.5 Å². The second-order valence-corrected chi connectivity index (χ2v) is 16.2. The van der Waals surface area contributed by atoms with Gasteiger partial charge in [0.05, 0.1) is 38.6 Å². The molecule has 7 atom stereocenters. The minimum absolute atomic E-state index is 0.0620. The smallest absolute Gasteiger partial charge is 0.482 e. The Bertz CT molecular complexity index is 1310. The quantitative estimate of drug-likeness (QED) is 0.164. The number of likely N-dealkylation sites (tertiary alicyclic amines) is 1. The van der Waals surface area contributed by atoms with Crippen molar-refractivity contribution in [3.63, 3.8) is 0 Å². The summed E-state index contributed by atoms with van der Waals surface area (Å²) in [6, 6.07) is 4.28. The van der Waals surface area contributed by atoms with Gasteiger partial charge in [-0.2, -0.15) is 0 Å². The summed E-state index contributed by atoms with van der Waals surface area (Å²) in [5, 5.41) is 12.4. The van der Waals surface area contributed by atoms with E-state index in [0.29, 0.717) is 44.0 Å². The first kappa shape index (κ1) is 34.9. The van der Waals surface area contributed by atoms with Crippen molar-refractivity contribution in [3.8, 4) is 11.5 Å². The van der Waals surface area contributed by atoms with Crippen LogP contribution >= 0.6 is 0 Å². The van der Waals surface area contributed by atoms with Crippen molar-refractivity contribution < 1.29 is 43.1 Å². The predicted octanol–water partition coefficient (Wildman–Crippen LogP) is 5.15. The summed E-state index contributed by atoms with van der Waals surface area (Å²) in [5.41, 5.74) is -0.403. The molecule has 2 aliphatic heterocycles. The minimum Gasteiger partial charge on any atom is -0.482 e. The molecule has 1 aromatic carbocycles. The lowest BCUT2D eigenvalue weighted by atomic mass is 9.38. The van der Waals surface area contributed by atoms with Gasteiger partial charge in [0.2, 0.25) is 0 Å². The van der Waals surface area contributed by atoms with E-state index in [9.17, 15) is 9.90 Å². The van der Waals surface area contributed by atoms with Crippen LogP contribution in [0.25, 0.3) is 0 Å². The molecule has 264 valence electrons. The summed E-state index contributed by atoms with van der Waals surface area (Å²) in [4.78, 5) is 15.7. The molecule has 1 N–H and O–H groups in total.